The van der Waals surface area contributed by atoms with Gasteiger partial charge < -0.3 is 5.73 Å². The summed E-state index contributed by atoms with van der Waals surface area (Å²) in [6.45, 7) is 2.08. The fraction of sp³-hybridized carbons (Fsp3) is 0.571. The monoisotopic (exact) mass is 406 g/mol. The minimum absolute atomic E-state index is 0. The van der Waals surface area contributed by atoms with Crippen molar-refractivity contribution < 1.29 is 21.6 Å². The smallest absolute Gasteiger partial charge is 0.328 e. The summed E-state index contributed by atoms with van der Waals surface area (Å²) in [6, 6.07) is 2.48. The average molecular weight is 407 g/mol. The van der Waals surface area contributed by atoms with Crippen LogP contribution in [-0.4, -0.2) is 31.9 Å². The third-order valence-corrected chi connectivity index (χ3v) is 6.19. The molecular weight excluding hydrogens is 388 g/mol. The molecule has 1 aromatic carbocycles. The fourth-order valence-electron chi connectivity index (χ4n) is 2.71. The Hall–Kier alpha value is -0.540. The lowest BCUT2D eigenvalue weighted by Gasteiger charge is -2.34. The number of sulfonamides is 1. The van der Waals surface area contributed by atoms with E-state index in [1.165, 1.54) is 0 Å². The summed E-state index contributed by atoms with van der Waals surface area (Å²) in [5, 5.41) is -0.164. The van der Waals surface area contributed by atoms with Gasteiger partial charge in [-0.3, -0.25) is 0 Å². The molecule has 10 heteroatoms. The van der Waals surface area contributed by atoms with Crippen LogP contribution in [0.3, 0.4) is 0 Å². The Morgan fingerprint density at radius 2 is 2.00 bits per heavy atom. The quantitative estimate of drug-likeness (QED) is 0.834. The Bertz CT molecular complexity index is 681. The van der Waals surface area contributed by atoms with Crippen LogP contribution >= 0.6 is 24.0 Å². The highest BCUT2D eigenvalue weighted by Crippen LogP contribution is 2.37. The second-order valence-corrected chi connectivity index (χ2v) is 8.11. The first kappa shape index (κ1) is 21.5. The van der Waals surface area contributed by atoms with E-state index in [1.54, 1.807) is 6.92 Å². The molecule has 1 saturated heterocycles. The van der Waals surface area contributed by atoms with Crippen LogP contribution in [-0.2, 0) is 16.2 Å². The van der Waals surface area contributed by atoms with Crippen molar-refractivity contribution >= 4 is 34.0 Å². The number of halogens is 5. The highest BCUT2D eigenvalue weighted by atomic mass is 35.5. The Labute approximate surface area is 150 Å². The van der Waals surface area contributed by atoms with E-state index in [1.807, 2.05) is 0 Å². The van der Waals surface area contributed by atoms with Gasteiger partial charge in [0.1, 0.15) is 0 Å². The lowest BCUT2D eigenvalue weighted by molar-refractivity contribution is -0.139. The molecule has 2 N–H and O–H groups in total. The third kappa shape index (κ3) is 4.54. The maximum atomic E-state index is 13.2. The molecule has 0 amide bonds. The Morgan fingerprint density at radius 1 is 1.38 bits per heavy atom. The predicted octanol–water partition coefficient (Wildman–Crippen LogP) is 3.53. The van der Waals surface area contributed by atoms with Gasteiger partial charge in [0.15, 0.2) is 0 Å². The normalized spacial score (nSPS) is 21.2. The first-order valence-electron chi connectivity index (χ1n) is 7.16. The van der Waals surface area contributed by atoms with E-state index in [4.69, 9.17) is 17.3 Å². The molecular formula is C14H19Cl2F3N2O2S. The fourth-order valence-corrected chi connectivity index (χ4v) is 4.61. The topological polar surface area (TPSA) is 63.4 Å². The van der Waals surface area contributed by atoms with Crippen molar-refractivity contribution in [1.82, 2.24) is 4.31 Å². The number of benzene rings is 1. The molecule has 0 aliphatic carbocycles. The predicted molar refractivity (Wildman–Crippen MR) is 88.8 cm³/mol. The Morgan fingerprint density at radius 3 is 2.54 bits per heavy atom. The van der Waals surface area contributed by atoms with Gasteiger partial charge >= 0.3 is 6.18 Å². The molecule has 0 bridgehead atoms. The van der Waals surface area contributed by atoms with Crippen molar-refractivity contribution in [2.45, 2.75) is 36.9 Å². The van der Waals surface area contributed by atoms with E-state index in [0.29, 0.717) is 12.5 Å². The molecule has 1 heterocycles. The largest absolute Gasteiger partial charge is 0.417 e. The van der Waals surface area contributed by atoms with Gasteiger partial charge in [0.2, 0.25) is 10.0 Å². The van der Waals surface area contributed by atoms with Crippen LogP contribution in [0.15, 0.2) is 23.1 Å². The van der Waals surface area contributed by atoms with Gasteiger partial charge in [0, 0.05) is 24.2 Å². The summed E-state index contributed by atoms with van der Waals surface area (Å²) in [7, 11) is -4.26. The number of alkyl halides is 3. The zero-order chi connectivity index (χ0) is 17.4. The van der Waals surface area contributed by atoms with Crippen LogP contribution in [0, 0.1) is 5.92 Å². The van der Waals surface area contributed by atoms with Gasteiger partial charge in [-0.15, -0.1) is 12.4 Å². The number of nitrogens with two attached hydrogens (primary N) is 1. The standard InChI is InChI=1S/C14H18ClF3N2O2S.ClH/c1-9(19)10-3-2-6-20(8-10)23(21,22)13-5-4-11(15)7-12(13)14(16,17)18;/h4-5,7,9-10H,2-3,6,8,19H2,1H3;1H. The molecule has 1 aliphatic heterocycles. The molecule has 1 aromatic rings. The van der Waals surface area contributed by atoms with E-state index < -0.39 is 26.7 Å². The minimum atomic E-state index is -4.80. The van der Waals surface area contributed by atoms with Crippen molar-refractivity contribution in [1.29, 1.82) is 0 Å². The van der Waals surface area contributed by atoms with Crippen LogP contribution < -0.4 is 5.73 Å². The molecule has 1 fully saturated rings. The van der Waals surface area contributed by atoms with Crippen molar-refractivity contribution in [2.24, 2.45) is 11.7 Å². The van der Waals surface area contributed by atoms with E-state index in [2.05, 4.69) is 0 Å². The highest BCUT2D eigenvalue weighted by molar-refractivity contribution is 7.89. The molecule has 2 atom stereocenters. The first-order valence-corrected chi connectivity index (χ1v) is 8.97. The second kappa shape index (κ2) is 7.78. The van der Waals surface area contributed by atoms with Crippen LogP contribution in [0.5, 0.6) is 0 Å². The van der Waals surface area contributed by atoms with Gasteiger partial charge in [-0.05, 0) is 43.9 Å². The lowest BCUT2D eigenvalue weighted by atomic mass is 9.93. The summed E-state index contributed by atoms with van der Waals surface area (Å²) in [5.41, 5.74) is 4.57. The van der Waals surface area contributed by atoms with Gasteiger partial charge in [-0.25, -0.2) is 8.42 Å². The second-order valence-electron chi connectivity index (χ2n) is 5.76. The maximum absolute atomic E-state index is 13.2. The molecule has 0 radical (unpaired) electrons. The van der Waals surface area contributed by atoms with Crippen LogP contribution in [0.25, 0.3) is 0 Å². The van der Waals surface area contributed by atoms with E-state index >= 15 is 0 Å². The molecule has 4 nitrogen and oxygen atoms in total. The number of hydrogen-bond acceptors (Lipinski definition) is 3. The summed E-state index contributed by atoms with van der Waals surface area (Å²) in [5.74, 6) is -0.0693. The Kier molecular flexibility index (Phi) is 6.97. The van der Waals surface area contributed by atoms with Crippen LogP contribution in [0.1, 0.15) is 25.3 Å². The van der Waals surface area contributed by atoms with Gasteiger partial charge in [0.25, 0.3) is 0 Å². The first-order chi connectivity index (χ1) is 10.5. The van der Waals surface area contributed by atoms with E-state index in [-0.39, 0.29) is 42.5 Å². The van der Waals surface area contributed by atoms with Crippen LogP contribution in [0.4, 0.5) is 13.2 Å². The molecule has 0 aromatic heterocycles. The minimum Gasteiger partial charge on any atom is -0.328 e. The lowest BCUT2D eigenvalue weighted by Crippen LogP contribution is -2.45. The van der Waals surface area contributed by atoms with Crippen LogP contribution in [0.2, 0.25) is 5.02 Å². The Balaban J connectivity index is 0.00000288. The molecule has 0 saturated carbocycles. The average Bonchev–Trinajstić information content (AvgIpc) is 2.46. The number of rotatable bonds is 3. The summed E-state index contributed by atoms with van der Waals surface area (Å²) >= 11 is 5.60. The van der Waals surface area contributed by atoms with E-state index in [9.17, 15) is 21.6 Å². The molecule has 2 unspecified atom stereocenters. The molecule has 1 aliphatic rings. The molecule has 138 valence electrons. The number of nitrogens with zero attached hydrogens (tertiary/aromatic N) is 1. The van der Waals surface area contributed by atoms with Gasteiger partial charge in [-0.1, -0.05) is 11.6 Å². The van der Waals surface area contributed by atoms with Crippen molar-refractivity contribution in [3.63, 3.8) is 0 Å². The van der Waals surface area contributed by atoms with Gasteiger partial charge in [-0.2, -0.15) is 17.5 Å². The molecule has 24 heavy (non-hydrogen) atoms. The SMILES string of the molecule is CC(N)C1CCCN(S(=O)(=O)c2ccc(Cl)cc2C(F)(F)F)C1.Cl. The van der Waals surface area contributed by atoms with Crippen molar-refractivity contribution in [3.05, 3.63) is 28.8 Å². The van der Waals surface area contributed by atoms with E-state index in [0.717, 1.165) is 22.9 Å². The summed E-state index contributed by atoms with van der Waals surface area (Å²) < 4.78 is 65.9. The number of hydrogen-bond donors (Lipinski definition) is 1. The van der Waals surface area contributed by atoms with Gasteiger partial charge in [0.05, 0.1) is 10.5 Å². The number of piperidine rings is 1. The maximum Gasteiger partial charge on any atom is 0.417 e. The summed E-state index contributed by atoms with van der Waals surface area (Å²) in [6.07, 6.45) is -3.47. The highest BCUT2D eigenvalue weighted by Gasteiger charge is 2.40. The molecule has 2 rings (SSSR count). The third-order valence-electron chi connectivity index (χ3n) is 4.03. The van der Waals surface area contributed by atoms with Crippen molar-refractivity contribution in [2.75, 3.05) is 13.1 Å². The van der Waals surface area contributed by atoms with Crippen molar-refractivity contribution in [3.8, 4) is 0 Å². The molecule has 0 spiro atoms. The summed E-state index contributed by atoms with van der Waals surface area (Å²) in [4.78, 5) is -0.764. The zero-order valence-electron chi connectivity index (χ0n) is 12.9. The zero-order valence-corrected chi connectivity index (χ0v) is 15.3.